The highest BCUT2D eigenvalue weighted by Gasteiger charge is 2.34. The van der Waals surface area contributed by atoms with E-state index in [1.54, 1.807) is 18.2 Å². The standard InChI is InChI=1S/C21H33N3O5S/c25-16-20-19(23-30(27,28)18-7-3-1-4-8-18)10-9-17(29-20)15-21(26)22-11-14-24-12-5-2-6-13-24/h1,3-4,7-8,17,19-20,23,25H,2,5-6,9-16H2,(H,22,26)/t17-,19-,20-/m0/s1. The van der Waals surface area contributed by atoms with Gasteiger partial charge in [0.15, 0.2) is 0 Å². The summed E-state index contributed by atoms with van der Waals surface area (Å²) in [6.07, 6.45) is 4.01. The van der Waals surface area contributed by atoms with Gasteiger partial charge in [-0.15, -0.1) is 0 Å². The number of rotatable bonds is 9. The van der Waals surface area contributed by atoms with E-state index in [4.69, 9.17) is 4.74 Å². The molecule has 2 aliphatic heterocycles. The summed E-state index contributed by atoms with van der Waals surface area (Å²) in [6.45, 7) is 3.36. The molecule has 2 fully saturated rings. The predicted molar refractivity (Wildman–Crippen MR) is 113 cm³/mol. The van der Waals surface area contributed by atoms with Crippen molar-refractivity contribution in [3.05, 3.63) is 30.3 Å². The number of carbonyl (C=O) groups is 1. The fraction of sp³-hybridized carbons (Fsp3) is 0.667. The Morgan fingerprint density at radius 3 is 2.57 bits per heavy atom. The smallest absolute Gasteiger partial charge is 0.240 e. The molecule has 2 heterocycles. The highest BCUT2D eigenvalue weighted by atomic mass is 32.2. The number of benzene rings is 1. The first-order valence-electron chi connectivity index (χ1n) is 10.8. The predicted octanol–water partition coefficient (Wildman–Crippen LogP) is 0.866. The third kappa shape index (κ3) is 6.75. The van der Waals surface area contributed by atoms with Crippen LogP contribution in [0.5, 0.6) is 0 Å². The van der Waals surface area contributed by atoms with Gasteiger partial charge < -0.3 is 20.1 Å². The second-order valence-electron chi connectivity index (χ2n) is 8.05. The van der Waals surface area contributed by atoms with Crippen LogP contribution in [0.1, 0.15) is 38.5 Å². The van der Waals surface area contributed by atoms with Crippen LogP contribution in [0.3, 0.4) is 0 Å². The Balaban J connectivity index is 1.44. The lowest BCUT2D eigenvalue weighted by atomic mass is 9.98. The van der Waals surface area contributed by atoms with E-state index in [9.17, 15) is 18.3 Å². The molecule has 9 heteroatoms. The number of piperidine rings is 1. The average molecular weight is 440 g/mol. The van der Waals surface area contributed by atoms with Crippen molar-refractivity contribution in [3.8, 4) is 0 Å². The second-order valence-corrected chi connectivity index (χ2v) is 9.77. The van der Waals surface area contributed by atoms with Gasteiger partial charge in [0.05, 0.1) is 36.2 Å². The van der Waals surface area contributed by atoms with Crippen molar-refractivity contribution in [1.29, 1.82) is 0 Å². The number of hydrogen-bond donors (Lipinski definition) is 3. The average Bonchev–Trinajstić information content (AvgIpc) is 2.76. The Hall–Kier alpha value is -1.52. The van der Waals surface area contributed by atoms with Crippen molar-refractivity contribution in [2.24, 2.45) is 0 Å². The van der Waals surface area contributed by atoms with E-state index in [1.807, 2.05) is 0 Å². The van der Waals surface area contributed by atoms with Crippen LogP contribution in [-0.4, -0.2) is 75.4 Å². The molecule has 30 heavy (non-hydrogen) atoms. The molecule has 3 atom stereocenters. The molecule has 1 aromatic carbocycles. The number of aliphatic hydroxyl groups is 1. The molecule has 0 aliphatic carbocycles. The third-order valence-corrected chi connectivity index (χ3v) is 7.27. The number of nitrogens with one attached hydrogen (secondary N) is 2. The van der Waals surface area contributed by atoms with Crippen LogP contribution < -0.4 is 10.0 Å². The van der Waals surface area contributed by atoms with E-state index >= 15 is 0 Å². The Kier molecular flexibility index (Phi) is 8.64. The Morgan fingerprint density at radius 1 is 1.13 bits per heavy atom. The van der Waals surface area contributed by atoms with Crippen LogP contribution in [0.25, 0.3) is 0 Å². The number of nitrogens with zero attached hydrogens (tertiary/aromatic N) is 1. The van der Waals surface area contributed by atoms with Gasteiger partial charge in [0.2, 0.25) is 15.9 Å². The summed E-state index contributed by atoms with van der Waals surface area (Å²) in [5, 5.41) is 12.6. The maximum absolute atomic E-state index is 12.6. The SMILES string of the molecule is O=C(C[C@@H]1CC[C@H](NS(=O)(=O)c2ccccc2)[C@H](CO)O1)NCCN1CCCCC1. The van der Waals surface area contributed by atoms with Crippen molar-refractivity contribution >= 4 is 15.9 Å². The first kappa shape index (κ1) is 23.1. The van der Waals surface area contributed by atoms with Crippen LogP contribution in [0.15, 0.2) is 35.2 Å². The summed E-state index contributed by atoms with van der Waals surface area (Å²) in [7, 11) is -3.69. The molecule has 8 nitrogen and oxygen atoms in total. The zero-order chi connectivity index (χ0) is 21.4. The molecular weight excluding hydrogens is 406 g/mol. The summed E-state index contributed by atoms with van der Waals surface area (Å²) in [4.78, 5) is 14.8. The molecule has 0 saturated carbocycles. The maximum Gasteiger partial charge on any atom is 0.240 e. The minimum absolute atomic E-state index is 0.0722. The summed E-state index contributed by atoms with van der Waals surface area (Å²) in [5.74, 6) is -0.0722. The number of aliphatic hydroxyl groups excluding tert-OH is 1. The first-order valence-corrected chi connectivity index (χ1v) is 12.3. The topological polar surface area (TPSA) is 108 Å². The highest BCUT2D eigenvalue weighted by molar-refractivity contribution is 7.89. The highest BCUT2D eigenvalue weighted by Crippen LogP contribution is 2.23. The Labute approximate surface area is 179 Å². The van der Waals surface area contributed by atoms with Crippen molar-refractivity contribution in [3.63, 3.8) is 0 Å². The lowest BCUT2D eigenvalue weighted by molar-refractivity contribution is -0.130. The Bertz CT molecular complexity index is 768. The van der Waals surface area contributed by atoms with Crippen molar-refractivity contribution < 1.29 is 23.1 Å². The van der Waals surface area contributed by atoms with Gasteiger partial charge in [-0.2, -0.15) is 0 Å². The third-order valence-electron chi connectivity index (χ3n) is 5.77. The van der Waals surface area contributed by atoms with Gasteiger partial charge in [0.25, 0.3) is 0 Å². The molecule has 0 radical (unpaired) electrons. The molecule has 3 N–H and O–H groups in total. The van der Waals surface area contributed by atoms with Crippen LogP contribution in [0, 0.1) is 0 Å². The Morgan fingerprint density at radius 2 is 1.87 bits per heavy atom. The molecule has 0 bridgehead atoms. The molecule has 2 saturated heterocycles. The van der Waals surface area contributed by atoms with Gasteiger partial charge in [0, 0.05) is 13.1 Å². The molecule has 1 aromatic rings. The summed E-state index contributed by atoms with van der Waals surface area (Å²) in [6, 6.07) is 7.60. The minimum Gasteiger partial charge on any atom is -0.394 e. The molecule has 0 spiro atoms. The van der Waals surface area contributed by atoms with Gasteiger partial charge in [-0.1, -0.05) is 24.6 Å². The number of amides is 1. The minimum atomic E-state index is -3.69. The number of sulfonamides is 1. The zero-order valence-electron chi connectivity index (χ0n) is 17.3. The molecule has 0 aromatic heterocycles. The molecule has 0 unspecified atom stereocenters. The number of likely N-dealkylation sites (tertiary alicyclic amines) is 1. The molecule has 3 rings (SSSR count). The van der Waals surface area contributed by atoms with E-state index in [0.29, 0.717) is 19.4 Å². The first-order chi connectivity index (χ1) is 14.5. The van der Waals surface area contributed by atoms with Crippen LogP contribution in [-0.2, 0) is 19.6 Å². The largest absolute Gasteiger partial charge is 0.394 e. The van der Waals surface area contributed by atoms with Crippen LogP contribution >= 0.6 is 0 Å². The molecule has 2 aliphatic rings. The molecular formula is C21H33N3O5S. The van der Waals surface area contributed by atoms with Crippen molar-refractivity contribution in [1.82, 2.24) is 14.9 Å². The normalized spacial score (nSPS) is 25.7. The molecule has 168 valence electrons. The number of hydrogen-bond acceptors (Lipinski definition) is 6. The van der Waals surface area contributed by atoms with Crippen molar-refractivity contribution in [2.45, 2.75) is 61.7 Å². The van der Waals surface area contributed by atoms with Crippen molar-refractivity contribution in [2.75, 3.05) is 32.8 Å². The zero-order valence-corrected chi connectivity index (χ0v) is 18.1. The maximum atomic E-state index is 12.6. The fourth-order valence-electron chi connectivity index (χ4n) is 4.10. The van der Waals surface area contributed by atoms with E-state index in [-0.39, 0.29) is 29.9 Å². The fourth-order valence-corrected chi connectivity index (χ4v) is 5.42. The molecule has 1 amide bonds. The van der Waals surface area contributed by atoms with E-state index in [0.717, 1.165) is 19.6 Å². The van der Waals surface area contributed by atoms with E-state index in [2.05, 4.69) is 14.9 Å². The van der Waals surface area contributed by atoms with Crippen LogP contribution in [0.4, 0.5) is 0 Å². The lowest BCUT2D eigenvalue weighted by Crippen LogP contribution is -2.51. The quantitative estimate of drug-likeness (QED) is 0.527. The lowest BCUT2D eigenvalue weighted by Gasteiger charge is -2.35. The van der Waals surface area contributed by atoms with Gasteiger partial charge >= 0.3 is 0 Å². The van der Waals surface area contributed by atoms with E-state index < -0.39 is 22.2 Å². The number of carbonyl (C=O) groups excluding carboxylic acids is 1. The monoisotopic (exact) mass is 439 g/mol. The van der Waals surface area contributed by atoms with Gasteiger partial charge in [-0.3, -0.25) is 4.79 Å². The van der Waals surface area contributed by atoms with Crippen LogP contribution in [0.2, 0.25) is 0 Å². The summed E-state index contributed by atoms with van der Waals surface area (Å²) >= 11 is 0. The van der Waals surface area contributed by atoms with E-state index in [1.165, 1.54) is 31.4 Å². The summed E-state index contributed by atoms with van der Waals surface area (Å²) < 4.78 is 33.6. The van der Waals surface area contributed by atoms with Gasteiger partial charge in [-0.25, -0.2) is 13.1 Å². The number of ether oxygens (including phenoxy) is 1. The second kappa shape index (κ2) is 11.2. The van der Waals surface area contributed by atoms with Gasteiger partial charge in [0.1, 0.15) is 0 Å². The summed E-state index contributed by atoms with van der Waals surface area (Å²) in [5.41, 5.74) is 0. The van der Waals surface area contributed by atoms with Gasteiger partial charge in [-0.05, 0) is 50.9 Å².